The van der Waals surface area contributed by atoms with Crippen molar-refractivity contribution in [2.24, 2.45) is 0 Å². The predicted octanol–water partition coefficient (Wildman–Crippen LogP) is 1.51. The van der Waals surface area contributed by atoms with Crippen molar-refractivity contribution in [3.63, 3.8) is 0 Å². The highest BCUT2D eigenvalue weighted by Gasteiger charge is 2.30. The van der Waals surface area contributed by atoms with Gasteiger partial charge in [-0.15, -0.1) is 0 Å². The first-order valence-electron chi connectivity index (χ1n) is 7.96. The first-order valence-corrected chi connectivity index (χ1v) is 9.85. The molecule has 1 aliphatic carbocycles. The number of sulfonamides is 1. The van der Waals surface area contributed by atoms with Crippen molar-refractivity contribution < 1.29 is 17.9 Å². The molecule has 2 heterocycles. The van der Waals surface area contributed by atoms with Gasteiger partial charge in [0, 0.05) is 12.4 Å². The van der Waals surface area contributed by atoms with Crippen LogP contribution in [-0.4, -0.2) is 45.9 Å². The fourth-order valence-corrected chi connectivity index (χ4v) is 4.11. The van der Waals surface area contributed by atoms with Gasteiger partial charge in [0.1, 0.15) is 10.7 Å². The van der Waals surface area contributed by atoms with E-state index in [2.05, 4.69) is 20.3 Å². The van der Waals surface area contributed by atoms with Crippen LogP contribution in [0.1, 0.15) is 11.9 Å². The second-order valence-corrected chi connectivity index (χ2v) is 7.70. The molecule has 2 N–H and O–H groups in total. The molecule has 2 aromatic heterocycles. The number of allylic oxidation sites excluding steroid dienone is 4. The zero-order chi connectivity index (χ0) is 20.3. The van der Waals surface area contributed by atoms with E-state index in [-0.39, 0.29) is 21.7 Å². The van der Waals surface area contributed by atoms with Gasteiger partial charge in [0.2, 0.25) is 5.95 Å². The lowest BCUT2D eigenvalue weighted by molar-refractivity contribution is 0.256. The Kier molecular flexibility index (Phi) is 5.51. The molecule has 2 amide bonds. The molecule has 146 valence electrons. The van der Waals surface area contributed by atoms with Crippen molar-refractivity contribution in [1.82, 2.24) is 24.2 Å². The number of aryl methyl sites for hydroxylation is 1. The van der Waals surface area contributed by atoms with E-state index in [1.807, 2.05) is 4.72 Å². The van der Waals surface area contributed by atoms with Crippen LogP contribution < -0.4 is 14.8 Å². The van der Waals surface area contributed by atoms with Crippen LogP contribution in [0.15, 0.2) is 47.7 Å². The average molecular weight is 420 g/mol. The molecule has 10 nitrogen and oxygen atoms in total. The number of ether oxygens (including phenoxy) is 1. The molecule has 3 rings (SSSR count). The summed E-state index contributed by atoms with van der Waals surface area (Å²) in [4.78, 5) is 23.8. The number of hydrogen-bond acceptors (Lipinski definition) is 8. The third-order valence-electron chi connectivity index (χ3n) is 3.65. The Labute approximate surface area is 166 Å². The zero-order valence-electron chi connectivity index (χ0n) is 14.9. The monoisotopic (exact) mass is 420 g/mol. The Morgan fingerprint density at radius 3 is 2.64 bits per heavy atom. The van der Waals surface area contributed by atoms with Crippen LogP contribution >= 0.6 is 12.2 Å². The molecule has 1 atom stereocenters. The van der Waals surface area contributed by atoms with E-state index in [0.717, 1.165) is 0 Å². The van der Waals surface area contributed by atoms with E-state index in [4.69, 9.17) is 17.0 Å². The topological polar surface area (TPSA) is 128 Å². The lowest BCUT2D eigenvalue weighted by atomic mass is 10.1. The summed E-state index contributed by atoms with van der Waals surface area (Å²) in [6.07, 6.45) is 8.23. The largest absolute Gasteiger partial charge is 0.467 e. The van der Waals surface area contributed by atoms with Crippen molar-refractivity contribution in [3.8, 4) is 6.01 Å². The molecule has 12 heteroatoms. The number of carbonyl (C=O) groups excluding carboxylic acids is 1. The lowest BCUT2D eigenvalue weighted by Gasteiger charge is -2.21. The number of hydrogen-bond donors (Lipinski definition) is 2. The Balaban J connectivity index is 1.75. The molecule has 0 aliphatic heterocycles. The summed E-state index contributed by atoms with van der Waals surface area (Å²) in [5.74, 6) is 0.142. The fraction of sp³-hybridized carbons (Fsp3) is 0.188. The minimum Gasteiger partial charge on any atom is -0.467 e. The highest BCUT2D eigenvalue weighted by atomic mass is 32.2. The maximum Gasteiger partial charge on any atom is 0.335 e. The van der Waals surface area contributed by atoms with Crippen LogP contribution in [0.3, 0.4) is 0 Å². The van der Waals surface area contributed by atoms with Gasteiger partial charge in [-0.1, -0.05) is 24.4 Å². The standard InChI is InChI=1S/C16H16N6O4S2/c1-10-17-14(20-16(18-10)26-2)19-15(23)21-28(24,25)12-7-5-6-11(13(12)27)22-8-3-4-9-22/h3-9,11H,1-2H3,(H2,17,18,19,20,21,23). The number of rotatable bonds is 5. The Hall–Kier alpha value is -3.12. The van der Waals surface area contributed by atoms with Gasteiger partial charge in [-0.2, -0.15) is 15.0 Å². The Bertz CT molecular complexity index is 1080. The molecule has 0 saturated carbocycles. The van der Waals surface area contributed by atoms with Gasteiger partial charge in [-0.3, -0.25) is 5.32 Å². The maximum atomic E-state index is 12.7. The first kappa shape index (κ1) is 19.6. The molecule has 0 aromatic carbocycles. The number of methoxy groups -OCH3 is 1. The summed E-state index contributed by atoms with van der Waals surface area (Å²) in [6, 6.07) is 2.12. The summed E-state index contributed by atoms with van der Waals surface area (Å²) in [5.41, 5.74) is 0. The number of carbonyl (C=O) groups is 1. The highest BCUT2D eigenvalue weighted by Crippen LogP contribution is 2.24. The van der Waals surface area contributed by atoms with Crippen molar-refractivity contribution >= 4 is 39.1 Å². The third kappa shape index (κ3) is 4.23. The summed E-state index contributed by atoms with van der Waals surface area (Å²) in [5, 5.41) is 2.24. The molecule has 0 radical (unpaired) electrons. The van der Waals surface area contributed by atoms with Crippen molar-refractivity contribution in [3.05, 3.63) is 53.5 Å². The van der Waals surface area contributed by atoms with Crippen molar-refractivity contribution in [2.45, 2.75) is 13.0 Å². The van der Waals surface area contributed by atoms with Crippen molar-refractivity contribution in [2.75, 3.05) is 12.4 Å². The molecule has 2 aromatic rings. The summed E-state index contributed by atoms with van der Waals surface area (Å²) < 4.78 is 33.9. The van der Waals surface area contributed by atoms with E-state index in [1.165, 1.54) is 13.2 Å². The minimum atomic E-state index is -4.21. The number of thiocarbonyl (C=S) groups is 1. The average Bonchev–Trinajstić information content (AvgIpc) is 3.14. The number of aromatic nitrogens is 4. The predicted molar refractivity (Wildman–Crippen MR) is 105 cm³/mol. The van der Waals surface area contributed by atoms with Crippen LogP contribution in [0.25, 0.3) is 0 Å². The van der Waals surface area contributed by atoms with Crippen molar-refractivity contribution in [1.29, 1.82) is 0 Å². The van der Waals surface area contributed by atoms with Gasteiger partial charge >= 0.3 is 12.0 Å². The number of amides is 2. The fourth-order valence-electron chi connectivity index (χ4n) is 2.46. The highest BCUT2D eigenvalue weighted by molar-refractivity contribution is 7.97. The van der Waals surface area contributed by atoms with Crippen LogP contribution in [0.2, 0.25) is 0 Å². The molecule has 0 saturated heterocycles. The normalized spacial score (nSPS) is 16.4. The molecule has 1 aliphatic rings. The SMILES string of the molecule is COc1nc(C)nc(NC(=O)NS(=O)(=O)C2=CC=CC(n3cccc3)C2=S)n1. The second kappa shape index (κ2) is 7.86. The van der Waals surface area contributed by atoms with Crippen LogP contribution in [0, 0.1) is 6.92 Å². The van der Waals surface area contributed by atoms with Gasteiger partial charge in [0.25, 0.3) is 10.0 Å². The number of anilines is 1. The molecule has 1 unspecified atom stereocenters. The number of urea groups is 1. The van der Waals surface area contributed by atoms with E-state index >= 15 is 0 Å². The number of nitrogens with one attached hydrogen (secondary N) is 2. The second-order valence-electron chi connectivity index (χ2n) is 5.61. The van der Waals surface area contributed by atoms with Gasteiger partial charge < -0.3 is 9.30 Å². The molecule has 0 spiro atoms. The summed E-state index contributed by atoms with van der Waals surface area (Å²) in [6.45, 7) is 1.57. The minimum absolute atomic E-state index is 0.0125. The van der Waals surface area contributed by atoms with E-state index in [0.29, 0.717) is 5.82 Å². The van der Waals surface area contributed by atoms with E-state index in [9.17, 15) is 13.2 Å². The Morgan fingerprint density at radius 1 is 1.25 bits per heavy atom. The Morgan fingerprint density at radius 2 is 1.96 bits per heavy atom. The molecule has 28 heavy (non-hydrogen) atoms. The lowest BCUT2D eigenvalue weighted by Crippen LogP contribution is -2.38. The van der Waals surface area contributed by atoms with Gasteiger partial charge in [0.05, 0.1) is 18.0 Å². The van der Waals surface area contributed by atoms with Gasteiger partial charge in [-0.05, 0) is 25.1 Å². The van der Waals surface area contributed by atoms with Gasteiger partial charge in [-0.25, -0.2) is 17.9 Å². The summed E-state index contributed by atoms with van der Waals surface area (Å²) in [7, 11) is -2.86. The zero-order valence-corrected chi connectivity index (χ0v) is 16.5. The first-order chi connectivity index (χ1) is 13.3. The smallest absolute Gasteiger partial charge is 0.335 e. The number of nitrogens with zero attached hydrogens (tertiary/aromatic N) is 4. The molecule has 0 fully saturated rings. The molecule has 0 bridgehead atoms. The molecular weight excluding hydrogens is 404 g/mol. The maximum absolute atomic E-state index is 12.7. The van der Waals surface area contributed by atoms with Gasteiger partial charge in [0.15, 0.2) is 0 Å². The van der Waals surface area contributed by atoms with Crippen LogP contribution in [0.5, 0.6) is 6.01 Å². The molecular formula is C16H16N6O4S2. The third-order valence-corrected chi connectivity index (χ3v) is 5.63. The van der Waals surface area contributed by atoms with Crippen LogP contribution in [0.4, 0.5) is 10.7 Å². The summed E-state index contributed by atoms with van der Waals surface area (Å²) >= 11 is 5.34. The van der Waals surface area contributed by atoms with Crippen LogP contribution in [-0.2, 0) is 10.0 Å². The quantitative estimate of drug-likeness (QED) is 0.697. The van der Waals surface area contributed by atoms with E-state index < -0.39 is 22.1 Å². The van der Waals surface area contributed by atoms with E-state index in [1.54, 1.807) is 48.2 Å².